The van der Waals surface area contributed by atoms with E-state index < -0.39 is 6.10 Å². The van der Waals surface area contributed by atoms with E-state index in [1.54, 1.807) is 6.33 Å². The molecule has 0 spiro atoms. The normalized spacial score (nSPS) is 15.4. The second-order valence-electron chi connectivity index (χ2n) is 4.11. The molecule has 0 radical (unpaired) electrons. The minimum atomic E-state index is -0.405. The molecule has 14 heavy (non-hydrogen) atoms. The van der Waals surface area contributed by atoms with Gasteiger partial charge in [-0.3, -0.25) is 0 Å². The van der Waals surface area contributed by atoms with E-state index in [9.17, 15) is 5.11 Å². The topological polar surface area (TPSA) is 38.0 Å². The molecule has 1 heterocycles. The van der Waals surface area contributed by atoms with Crippen molar-refractivity contribution in [1.29, 1.82) is 0 Å². The Bertz CT molecular complexity index is 270. The van der Waals surface area contributed by atoms with Crippen molar-refractivity contribution in [3.8, 4) is 0 Å². The van der Waals surface area contributed by atoms with Gasteiger partial charge in [0.25, 0.3) is 0 Å². The van der Waals surface area contributed by atoms with Gasteiger partial charge in [0.05, 0.1) is 18.1 Å². The smallest absolute Gasteiger partial charge is 0.0977 e. The van der Waals surface area contributed by atoms with Crippen molar-refractivity contribution in [2.75, 3.05) is 0 Å². The Kier molecular flexibility index (Phi) is 4.14. The SMILES string of the molecule is CCCC(C)CC(O)c1cn(C)cn1. The van der Waals surface area contributed by atoms with Crippen molar-refractivity contribution in [2.24, 2.45) is 13.0 Å². The predicted octanol–water partition coefficient (Wildman–Crippen LogP) is 2.28. The Morgan fingerprint density at radius 2 is 2.29 bits per heavy atom. The summed E-state index contributed by atoms with van der Waals surface area (Å²) in [6.07, 6.45) is 6.36. The van der Waals surface area contributed by atoms with Gasteiger partial charge in [0, 0.05) is 13.2 Å². The second kappa shape index (κ2) is 5.15. The number of nitrogens with zero attached hydrogens (tertiary/aromatic N) is 2. The van der Waals surface area contributed by atoms with E-state index in [1.807, 2.05) is 17.8 Å². The molecule has 0 saturated heterocycles. The van der Waals surface area contributed by atoms with Crippen LogP contribution in [0.15, 0.2) is 12.5 Å². The molecule has 80 valence electrons. The van der Waals surface area contributed by atoms with Crippen LogP contribution in [0.1, 0.15) is 44.9 Å². The molecule has 3 nitrogen and oxygen atoms in total. The van der Waals surface area contributed by atoms with E-state index in [4.69, 9.17) is 0 Å². The number of aliphatic hydroxyl groups excluding tert-OH is 1. The van der Waals surface area contributed by atoms with E-state index in [2.05, 4.69) is 18.8 Å². The summed E-state index contributed by atoms with van der Waals surface area (Å²) in [5, 5.41) is 9.86. The van der Waals surface area contributed by atoms with Gasteiger partial charge < -0.3 is 9.67 Å². The van der Waals surface area contributed by atoms with Crippen molar-refractivity contribution in [3.05, 3.63) is 18.2 Å². The molecule has 0 saturated carbocycles. The lowest BCUT2D eigenvalue weighted by Gasteiger charge is -2.13. The molecule has 3 heteroatoms. The van der Waals surface area contributed by atoms with Gasteiger partial charge in [-0.2, -0.15) is 0 Å². The summed E-state index contributed by atoms with van der Waals surface area (Å²) in [5.41, 5.74) is 0.787. The third-order valence-electron chi connectivity index (χ3n) is 2.47. The maximum absolute atomic E-state index is 9.86. The summed E-state index contributed by atoms with van der Waals surface area (Å²) < 4.78 is 1.86. The Morgan fingerprint density at radius 3 is 2.79 bits per heavy atom. The van der Waals surface area contributed by atoms with Gasteiger partial charge in [0.1, 0.15) is 0 Å². The lowest BCUT2D eigenvalue weighted by Crippen LogP contribution is -2.04. The highest BCUT2D eigenvalue weighted by atomic mass is 16.3. The van der Waals surface area contributed by atoms with E-state index >= 15 is 0 Å². The highest BCUT2D eigenvalue weighted by Gasteiger charge is 2.13. The van der Waals surface area contributed by atoms with Gasteiger partial charge in [0.15, 0.2) is 0 Å². The maximum Gasteiger partial charge on any atom is 0.0977 e. The Balaban J connectivity index is 2.45. The molecule has 0 fully saturated rings. The average molecular weight is 196 g/mol. The second-order valence-corrected chi connectivity index (χ2v) is 4.11. The monoisotopic (exact) mass is 196 g/mol. The summed E-state index contributed by atoms with van der Waals surface area (Å²) in [6.45, 7) is 4.35. The lowest BCUT2D eigenvalue weighted by molar-refractivity contribution is 0.141. The zero-order valence-electron chi connectivity index (χ0n) is 9.27. The first-order valence-electron chi connectivity index (χ1n) is 5.29. The fraction of sp³-hybridized carbons (Fsp3) is 0.727. The number of aryl methyl sites for hydroxylation is 1. The number of aromatic nitrogens is 2. The molecule has 2 atom stereocenters. The molecule has 1 rings (SSSR count). The van der Waals surface area contributed by atoms with Crippen molar-refractivity contribution >= 4 is 0 Å². The summed E-state index contributed by atoms with van der Waals surface area (Å²) in [4.78, 5) is 4.14. The Labute approximate surface area is 85.8 Å². The Morgan fingerprint density at radius 1 is 1.57 bits per heavy atom. The quantitative estimate of drug-likeness (QED) is 0.784. The van der Waals surface area contributed by atoms with Crippen LogP contribution in [0.2, 0.25) is 0 Å². The van der Waals surface area contributed by atoms with E-state index in [1.165, 1.54) is 12.8 Å². The van der Waals surface area contributed by atoms with Crippen LogP contribution in [0.5, 0.6) is 0 Å². The van der Waals surface area contributed by atoms with Crippen LogP contribution >= 0.6 is 0 Å². The maximum atomic E-state index is 9.86. The largest absolute Gasteiger partial charge is 0.387 e. The standard InChI is InChI=1S/C11H20N2O/c1-4-5-9(2)6-11(14)10-7-13(3)8-12-10/h7-9,11,14H,4-6H2,1-3H3. The minimum Gasteiger partial charge on any atom is -0.387 e. The minimum absolute atomic E-state index is 0.405. The zero-order chi connectivity index (χ0) is 10.6. The van der Waals surface area contributed by atoms with Gasteiger partial charge in [-0.15, -0.1) is 0 Å². The fourth-order valence-corrected chi connectivity index (χ4v) is 1.72. The molecule has 0 amide bonds. The molecule has 0 aromatic carbocycles. The summed E-state index contributed by atoms with van der Waals surface area (Å²) in [5.74, 6) is 0.567. The van der Waals surface area contributed by atoms with Gasteiger partial charge >= 0.3 is 0 Å². The van der Waals surface area contributed by atoms with Crippen molar-refractivity contribution in [2.45, 2.75) is 39.2 Å². The number of hydrogen-bond acceptors (Lipinski definition) is 2. The molecule has 0 aliphatic carbocycles. The number of aliphatic hydroxyl groups is 1. The van der Waals surface area contributed by atoms with Crippen LogP contribution in [0.25, 0.3) is 0 Å². The summed E-state index contributed by atoms with van der Waals surface area (Å²) in [7, 11) is 1.92. The molecule has 0 aliphatic heterocycles. The lowest BCUT2D eigenvalue weighted by atomic mass is 9.97. The average Bonchev–Trinajstić information content (AvgIpc) is 2.52. The van der Waals surface area contributed by atoms with E-state index in [0.29, 0.717) is 5.92 Å². The highest BCUT2D eigenvalue weighted by molar-refractivity contribution is 5.00. The predicted molar refractivity (Wildman–Crippen MR) is 56.9 cm³/mol. The van der Waals surface area contributed by atoms with Crippen molar-refractivity contribution in [1.82, 2.24) is 9.55 Å². The van der Waals surface area contributed by atoms with Gasteiger partial charge in [-0.05, 0) is 12.3 Å². The molecule has 1 aromatic rings. The van der Waals surface area contributed by atoms with Crippen molar-refractivity contribution < 1.29 is 5.11 Å². The third kappa shape index (κ3) is 3.14. The van der Waals surface area contributed by atoms with Crippen LogP contribution in [0.4, 0.5) is 0 Å². The van der Waals surface area contributed by atoms with Crippen LogP contribution in [0.3, 0.4) is 0 Å². The van der Waals surface area contributed by atoms with Gasteiger partial charge in [-0.1, -0.05) is 26.7 Å². The summed E-state index contributed by atoms with van der Waals surface area (Å²) in [6, 6.07) is 0. The molecular formula is C11H20N2O. The number of rotatable bonds is 5. The van der Waals surface area contributed by atoms with Crippen molar-refractivity contribution in [3.63, 3.8) is 0 Å². The highest BCUT2D eigenvalue weighted by Crippen LogP contribution is 2.21. The van der Waals surface area contributed by atoms with Crippen LogP contribution in [-0.4, -0.2) is 14.7 Å². The molecule has 1 aromatic heterocycles. The van der Waals surface area contributed by atoms with E-state index in [0.717, 1.165) is 12.1 Å². The number of hydrogen-bond donors (Lipinski definition) is 1. The summed E-state index contributed by atoms with van der Waals surface area (Å²) >= 11 is 0. The molecule has 0 aliphatic rings. The first-order valence-corrected chi connectivity index (χ1v) is 5.29. The van der Waals surface area contributed by atoms with Crippen LogP contribution in [0, 0.1) is 5.92 Å². The van der Waals surface area contributed by atoms with Gasteiger partial charge in [-0.25, -0.2) is 4.98 Å². The first-order chi connectivity index (χ1) is 6.63. The molecule has 1 N–H and O–H groups in total. The van der Waals surface area contributed by atoms with Gasteiger partial charge in [0.2, 0.25) is 0 Å². The zero-order valence-corrected chi connectivity index (χ0v) is 9.27. The molecular weight excluding hydrogens is 176 g/mol. The van der Waals surface area contributed by atoms with E-state index in [-0.39, 0.29) is 0 Å². The molecule has 2 unspecified atom stereocenters. The first kappa shape index (κ1) is 11.2. The Hall–Kier alpha value is -0.830. The third-order valence-corrected chi connectivity index (χ3v) is 2.47. The fourth-order valence-electron chi connectivity index (χ4n) is 1.72. The van der Waals surface area contributed by atoms with Crippen LogP contribution < -0.4 is 0 Å². The molecule has 0 bridgehead atoms. The van der Waals surface area contributed by atoms with Crippen LogP contribution in [-0.2, 0) is 7.05 Å². The number of imidazole rings is 1.